The molecule has 0 unspecified atom stereocenters. The van der Waals surface area contributed by atoms with Gasteiger partial charge in [-0.1, -0.05) is 6.07 Å². The number of benzene rings is 1. The lowest BCUT2D eigenvalue weighted by Gasteiger charge is -2.08. The molecular weight excluding hydrogens is 419 g/mol. The van der Waals surface area contributed by atoms with Gasteiger partial charge in [-0.25, -0.2) is 0 Å². The molecule has 0 spiro atoms. The molecule has 0 bridgehead atoms. The van der Waals surface area contributed by atoms with Crippen LogP contribution in [0.2, 0.25) is 0 Å². The molecule has 3 N–H and O–H groups in total. The maximum absolute atomic E-state index is 11.0. The van der Waals surface area contributed by atoms with E-state index < -0.39 is 45.0 Å². The van der Waals surface area contributed by atoms with Crippen molar-refractivity contribution >= 4 is 67.6 Å². The smallest absolute Gasteiger partial charge is 0.282 e. The van der Waals surface area contributed by atoms with Gasteiger partial charge >= 0.3 is 0 Å². The topological polar surface area (TPSA) is 163 Å². The van der Waals surface area contributed by atoms with Crippen LogP contribution in [0, 0.1) is 0 Å². The summed E-state index contributed by atoms with van der Waals surface area (Å²) in [6.45, 7) is 0. The zero-order valence-corrected chi connectivity index (χ0v) is 14.4. The first-order valence-electron chi connectivity index (χ1n) is 3.90. The molecule has 0 aromatic heterocycles. The third-order valence-electron chi connectivity index (χ3n) is 1.76. The highest BCUT2D eigenvalue weighted by Gasteiger charge is 2.31. The van der Waals surface area contributed by atoms with E-state index >= 15 is 0 Å². The van der Waals surface area contributed by atoms with Crippen molar-refractivity contribution in [3.05, 3.63) is 18.2 Å². The van der Waals surface area contributed by atoms with Crippen LogP contribution in [0.3, 0.4) is 0 Å². The van der Waals surface area contributed by atoms with Gasteiger partial charge in [0.15, 0.2) is 0 Å². The van der Waals surface area contributed by atoms with Crippen molar-refractivity contribution in [2.45, 2.75) is 14.7 Å². The van der Waals surface area contributed by atoms with E-state index in [9.17, 15) is 25.3 Å². The minimum absolute atomic E-state index is 0. The average Bonchev–Trinajstić information content (AvgIpc) is 2.12. The molecule has 0 saturated heterocycles. The highest BCUT2D eigenvalue weighted by molar-refractivity contribution is 7.90. The van der Waals surface area contributed by atoms with Crippen LogP contribution in [0.15, 0.2) is 32.9 Å². The molecular formula is C6H9Cl3O9S3. The van der Waals surface area contributed by atoms with E-state index in [1.807, 2.05) is 0 Å². The Labute approximate surface area is 139 Å². The maximum atomic E-state index is 11.0. The summed E-state index contributed by atoms with van der Waals surface area (Å²) in [7, 11) is -15.5. The predicted molar refractivity (Wildman–Crippen MR) is 77.6 cm³/mol. The minimum Gasteiger partial charge on any atom is -0.282 e. The number of hydrogen-bond acceptors (Lipinski definition) is 6. The Morgan fingerprint density at radius 2 is 0.905 bits per heavy atom. The fraction of sp³-hybridized carbons (Fsp3) is 0. The third-order valence-corrected chi connectivity index (χ3v) is 4.76. The summed E-state index contributed by atoms with van der Waals surface area (Å²) in [6.07, 6.45) is 0. The van der Waals surface area contributed by atoms with Gasteiger partial charge in [0.25, 0.3) is 30.4 Å². The summed E-state index contributed by atoms with van der Waals surface area (Å²) in [6, 6.07) is 1.86. The van der Waals surface area contributed by atoms with E-state index in [2.05, 4.69) is 0 Å². The number of halogens is 3. The van der Waals surface area contributed by atoms with Crippen molar-refractivity contribution in [2.24, 2.45) is 0 Å². The first-order chi connectivity index (χ1) is 7.85. The van der Waals surface area contributed by atoms with Crippen molar-refractivity contribution in [3.63, 3.8) is 0 Å². The van der Waals surface area contributed by atoms with Crippen molar-refractivity contribution in [1.82, 2.24) is 0 Å². The van der Waals surface area contributed by atoms with Crippen molar-refractivity contribution in [3.8, 4) is 0 Å². The van der Waals surface area contributed by atoms with Gasteiger partial charge in [0.2, 0.25) is 0 Å². The summed E-state index contributed by atoms with van der Waals surface area (Å²) < 4.78 is 91.8. The van der Waals surface area contributed by atoms with Crippen LogP contribution >= 0.6 is 37.2 Å². The normalized spacial score (nSPS) is 11.6. The van der Waals surface area contributed by atoms with E-state index in [0.29, 0.717) is 12.1 Å². The lowest BCUT2D eigenvalue weighted by Crippen LogP contribution is -2.14. The highest BCUT2D eigenvalue weighted by atomic mass is 35.5. The quantitative estimate of drug-likeness (QED) is 0.589. The molecule has 0 atom stereocenters. The van der Waals surface area contributed by atoms with Crippen LogP contribution in [0.25, 0.3) is 0 Å². The van der Waals surface area contributed by atoms with Crippen LogP contribution < -0.4 is 0 Å². The maximum Gasteiger partial charge on any atom is 0.297 e. The second-order valence-electron chi connectivity index (χ2n) is 3.01. The fourth-order valence-corrected chi connectivity index (χ4v) is 4.32. The Kier molecular flexibility index (Phi) is 9.68. The van der Waals surface area contributed by atoms with Gasteiger partial charge < -0.3 is 0 Å². The summed E-state index contributed by atoms with van der Waals surface area (Å²) >= 11 is 0. The molecule has 1 rings (SSSR count). The summed E-state index contributed by atoms with van der Waals surface area (Å²) in [5.74, 6) is 0. The molecule has 0 radical (unpaired) electrons. The third kappa shape index (κ3) is 6.22. The Balaban J connectivity index is -0.00000108. The van der Waals surface area contributed by atoms with Crippen LogP contribution in [0.1, 0.15) is 0 Å². The molecule has 0 heterocycles. The number of hydrogen-bond donors (Lipinski definition) is 3. The predicted octanol–water partition coefficient (Wildman–Crippen LogP) is 0.692. The molecule has 1 aromatic carbocycles. The second-order valence-corrected chi connectivity index (χ2v) is 7.15. The van der Waals surface area contributed by atoms with E-state index in [4.69, 9.17) is 13.7 Å². The van der Waals surface area contributed by atoms with Gasteiger partial charge in [-0.3, -0.25) is 13.7 Å². The zero-order chi connectivity index (χ0) is 14.4. The van der Waals surface area contributed by atoms with Crippen molar-refractivity contribution < 1.29 is 38.9 Å². The molecule has 0 aliphatic heterocycles. The summed E-state index contributed by atoms with van der Waals surface area (Å²) in [5.41, 5.74) is 0. The Morgan fingerprint density at radius 1 is 0.619 bits per heavy atom. The van der Waals surface area contributed by atoms with Gasteiger partial charge in [-0.05, 0) is 12.1 Å². The second kappa shape index (κ2) is 7.89. The molecule has 21 heavy (non-hydrogen) atoms. The van der Waals surface area contributed by atoms with Gasteiger partial charge in [0.05, 0.1) is 0 Å². The van der Waals surface area contributed by atoms with E-state index in [1.54, 1.807) is 0 Å². The van der Waals surface area contributed by atoms with E-state index in [1.165, 1.54) is 0 Å². The van der Waals surface area contributed by atoms with Crippen LogP contribution in [0.5, 0.6) is 0 Å². The lowest BCUT2D eigenvalue weighted by atomic mass is 10.4. The van der Waals surface area contributed by atoms with Crippen molar-refractivity contribution in [2.75, 3.05) is 0 Å². The van der Waals surface area contributed by atoms with Crippen LogP contribution in [-0.2, 0) is 30.4 Å². The molecule has 126 valence electrons. The highest BCUT2D eigenvalue weighted by Crippen LogP contribution is 2.27. The van der Waals surface area contributed by atoms with Crippen LogP contribution in [-0.4, -0.2) is 38.9 Å². The first kappa shape index (κ1) is 25.8. The van der Waals surface area contributed by atoms with E-state index in [0.717, 1.165) is 6.07 Å². The molecule has 9 nitrogen and oxygen atoms in total. The fourth-order valence-electron chi connectivity index (χ4n) is 1.16. The minimum atomic E-state index is -5.31. The molecule has 0 saturated carbocycles. The Bertz CT molecular complexity index is 747. The van der Waals surface area contributed by atoms with Gasteiger partial charge in [-0.2, -0.15) is 25.3 Å². The lowest BCUT2D eigenvalue weighted by molar-refractivity contribution is 0.456. The Hall–Kier alpha value is -0.180. The summed E-state index contributed by atoms with van der Waals surface area (Å²) in [4.78, 5) is -4.34. The van der Waals surface area contributed by atoms with Gasteiger partial charge in [0.1, 0.15) is 14.7 Å². The molecule has 0 aliphatic rings. The SMILES string of the molecule is Cl.Cl.Cl.O=S(=O)(O)c1cccc(S(=O)(=O)O)c1S(=O)(=O)O. The Morgan fingerprint density at radius 3 is 1.10 bits per heavy atom. The first-order valence-corrected chi connectivity index (χ1v) is 8.22. The van der Waals surface area contributed by atoms with Crippen LogP contribution in [0.4, 0.5) is 0 Å². The van der Waals surface area contributed by atoms with Gasteiger partial charge in [0, 0.05) is 0 Å². The molecule has 0 aliphatic carbocycles. The largest absolute Gasteiger partial charge is 0.297 e. The van der Waals surface area contributed by atoms with Gasteiger partial charge in [-0.15, -0.1) is 37.2 Å². The zero-order valence-electron chi connectivity index (χ0n) is 9.47. The molecule has 1 aromatic rings. The monoisotopic (exact) mass is 426 g/mol. The molecule has 0 fully saturated rings. The van der Waals surface area contributed by atoms with E-state index in [-0.39, 0.29) is 37.2 Å². The number of rotatable bonds is 3. The summed E-state index contributed by atoms with van der Waals surface area (Å²) in [5, 5.41) is 0. The standard InChI is InChI=1S/C6H6O9S3.3ClH/c7-16(8,9)4-2-1-3-5(17(10,11)12)6(4)18(13,14)15;;;/h1-3H,(H,7,8,9)(H,10,11,12)(H,13,14,15);3*1H. The van der Waals surface area contributed by atoms with Crippen molar-refractivity contribution in [1.29, 1.82) is 0 Å². The molecule has 15 heteroatoms. The average molecular weight is 428 g/mol. The molecule has 0 amide bonds.